The van der Waals surface area contributed by atoms with E-state index in [1.54, 1.807) is 0 Å². The van der Waals surface area contributed by atoms with E-state index in [2.05, 4.69) is 0 Å². The zero-order valence-corrected chi connectivity index (χ0v) is 6.42. The van der Waals surface area contributed by atoms with Gasteiger partial charge in [-0.2, -0.15) is 0 Å². The van der Waals surface area contributed by atoms with E-state index in [1.165, 1.54) is 12.1 Å². The molecule has 0 heterocycles. The summed E-state index contributed by atoms with van der Waals surface area (Å²) in [5.74, 6) is -0.252. The van der Waals surface area contributed by atoms with Gasteiger partial charge in [-0.15, -0.1) is 0 Å². The van der Waals surface area contributed by atoms with Crippen molar-refractivity contribution in [2.45, 2.75) is 0 Å². The van der Waals surface area contributed by atoms with Gasteiger partial charge >= 0.3 is 0 Å². The third-order valence-electron chi connectivity index (χ3n) is 1.14. The zero-order chi connectivity index (χ0) is 7.56. The summed E-state index contributed by atoms with van der Waals surface area (Å²) in [6.45, 7) is 0. The van der Waals surface area contributed by atoms with Crippen LogP contribution in [0.15, 0.2) is 18.2 Å². The molecule has 0 fully saturated rings. The molecule has 0 unspecified atom stereocenters. The molecule has 0 aliphatic heterocycles. The van der Waals surface area contributed by atoms with Gasteiger partial charge in [0.25, 0.3) is 0 Å². The zero-order valence-electron chi connectivity index (χ0n) is 5.43. The Morgan fingerprint density at radius 1 is 1.27 bits per heavy atom. The monoisotopic (exact) mass is 196 g/mol. The number of aromatic hydroxyl groups is 2. The Morgan fingerprint density at radius 2 is 1.91 bits per heavy atom. The fraction of sp³-hybridized carbons (Fsp3) is 0. The van der Waals surface area contributed by atoms with Crippen LogP contribution < -0.4 is 0 Å². The third-order valence-corrected chi connectivity index (χ3v) is 1.14. The van der Waals surface area contributed by atoms with E-state index in [4.69, 9.17) is 10.2 Å². The smallest absolute Gasteiger partial charge is 0.153 e. The molecule has 1 aromatic carbocycles. The van der Waals surface area contributed by atoms with E-state index in [1.807, 2.05) is 0 Å². The molecular formula is C7H6NiO3. The van der Waals surface area contributed by atoms with Crippen LogP contribution in [0.25, 0.3) is 0 Å². The van der Waals surface area contributed by atoms with Gasteiger partial charge in [0.05, 0.1) is 5.56 Å². The molecule has 0 aliphatic carbocycles. The number of carbonyl (C=O) groups excluding carboxylic acids is 1. The second kappa shape index (κ2) is 3.99. The van der Waals surface area contributed by atoms with Crippen LogP contribution in [0.4, 0.5) is 0 Å². The molecule has 62 valence electrons. The van der Waals surface area contributed by atoms with E-state index in [0.29, 0.717) is 6.29 Å². The first kappa shape index (κ1) is 9.98. The molecule has 11 heavy (non-hydrogen) atoms. The van der Waals surface area contributed by atoms with Gasteiger partial charge in [0, 0.05) is 22.6 Å². The van der Waals surface area contributed by atoms with Gasteiger partial charge in [-0.3, -0.25) is 4.79 Å². The van der Waals surface area contributed by atoms with Crippen LogP contribution in [0, 0.1) is 0 Å². The second-order valence-corrected chi connectivity index (χ2v) is 1.86. The van der Waals surface area contributed by atoms with Crippen molar-refractivity contribution in [2.75, 3.05) is 0 Å². The minimum absolute atomic E-state index is 0. The molecule has 0 atom stereocenters. The number of rotatable bonds is 1. The molecule has 3 nitrogen and oxygen atoms in total. The first-order valence-electron chi connectivity index (χ1n) is 2.71. The molecule has 2 N–H and O–H groups in total. The van der Waals surface area contributed by atoms with Crippen LogP contribution in [0.3, 0.4) is 0 Å². The summed E-state index contributed by atoms with van der Waals surface area (Å²) in [5.41, 5.74) is 0.179. The van der Waals surface area contributed by atoms with Crippen molar-refractivity contribution < 1.29 is 31.5 Å². The molecule has 0 saturated heterocycles. The second-order valence-electron chi connectivity index (χ2n) is 1.86. The molecule has 0 aromatic heterocycles. The summed E-state index contributed by atoms with van der Waals surface area (Å²) >= 11 is 0. The van der Waals surface area contributed by atoms with Crippen LogP contribution in [-0.4, -0.2) is 16.5 Å². The van der Waals surface area contributed by atoms with E-state index in [-0.39, 0.29) is 33.6 Å². The van der Waals surface area contributed by atoms with Gasteiger partial charge < -0.3 is 10.2 Å². The van der Waals surface area contributed by atoms with Crippen LogP contribution >= 0.6 is 0 Å². The number of carbonyl (C=O) groups is 1. The number of phenols is 2. The fourth-order valence-corrected chi connectivity index (χ4v) is 0.632. The number of benzene rings is 1. The van der Waals surface area contributed by atoms with Gasteiger partial charge in [0.2, 0.25) is 0 Å². The average Bonchev–Trinajstić information content (AvgIpc) is 1.88. The van der Waals surface area contributed by atoms with Crippen molar-refractivity contribution in [1.29, 1.82) is 0 Å². The van der Waals surface area contributed by atoms with Crippen molar-refractivity contribution in [3.63, 3.8) is 0 Å². The Kier molecular flexibility index (Phi) is 3.62. The van der Waals surface area contributed by atoms with E-state index >= 15 is 0 Å². The molecule has 0 saturated carbocycles. The first-order valence-corrected chi connectivity index (χ1v) is 2.71. The van der Waals surface area contributed by atoms with Crippen molar-refractivity contribution in [2.24, 2.45) is 0 Å². The number of aldehydes is 1. The minimum Gasteiger partial charge on any atom is -0.508 e. The van der Waals surface area contributed by atoms with E-state index in [9.17, 15) is 4.79 Å². The summed E-state index contributed by atoms with van der Waals surface area (Å²) in [4.78, 5) is 10.1. The quantitative estimate of drug-likeness (QED) is 0.519. The summed E-state index contributed by atoms with van der Waals surface area (Å²) in [6, 6.07) is 3.80. The maximum absolute atomic E-state index is 10.1. The molecule has 0 radical (unpaired) electrons. The third kappa shape index (κ3) is 2.24. The van der Waals surface area contributed by atoms with Crippen LogP contribution in [0.1, 0.15) is 10.4 Å². The summed E-state index contributed by atoms with van der Waals surface area (Å²) in [6.07, 6.45) is 0.523. The van der Waals surface area contributed by atoms with Crippen molar-refractivity contribution in [3.05, 3.63) is 23.8 Å². The molecule has 0 spiro atoms. The van der Waals surface area contributed by atoms with Crippen molar-refractivity contribution >= 4 is 6.29 Å². The van der Waals surface area contributed by atoms with E-state index in [0.717, 1.165) is 6.07 Å². The number of hydrogen-bond donors (Lipinski definition) is 2. The van der Waals surface area contributed by atoms with E-state index < -0.39 is 0 Å². The van der Waals surface area contributed by atoms with Crippen molar-refractivity contribution in [3.8, 4) is 11.5 Å². The molecule has 0 bridgehead atoms. The summed E-state index contributed by atoms with van der Waals surface area (Å²) < 4.78 is 0. The van der Waals surface area contributed by atoms with Gasteiger partial charge in [0.1, 0.15) is 11.5 Å². The first-order chi connectivity index (χ1) is 4.74. The Labute approximate surface area is 73.6 Å². The molecule has 0 amide bonds. The predicted molar refractivity (Wildman–Crippen MR) is 35.2 cm³/mol. The normalized spacial score (nSPS) is 8.36. The Hall–Kier alpha value is -1.02. The minimum atomic E-state index is -0.199. The summed E-state index contributed by atoms with van der Waals surface area (Å²) in [7, 11) is 0. The Bertz CT molecular complexity index is 260. The largest absolute Gasteiger partial charge is 0.508 e. The van der Waals surface area contributed by atoms with Gasteiger partial charge in [-0.1, -0.05) is 0 Å². The van der Waals surface area contributed by atoms with Crippen LogP contribution in [0.5, 0.6) is 11.5 Å². The van der Waals surface area contributed by atoms with Crippen molar-refractivity contribution in [1.82, 2.24) is 0 Å². The standard InChI is InChI=1S/C7H6O3.Ni/c8-4-5-1-2-6(9)3-7(5)10;/h1-4,9-10H;. The molecule has 4 heteroatoms. The topological polar surface area (TPSA) is 57.5 Å². The van der Waals surface area contributed by atoms with Gasteiger partial charge in [-0.05, 0) is 12.1 Å². The van der Waals surface area contributed by atoms with Crippen LogP contribution in [-0.2, 0) is 16.5 Å². The molecule has 1 aromatic rings. The number of hydrogen-bond acceptors (Lipinski definition) is 3. The van der Waals surface area contributed by atoms with Gasteiger partial charge in [-0.25, -0.2) is 0 Å². The molecular weight excluding hydrogens is 191 g/mol. The number of phenolic OH excluding ortho intramolecular Hbond substituents is 2. The maximum Gasteiger partial charge on any atom is 0.153 e. The Balaban J connectivity index is 0.000001000. The predicted octanol–water partition coefficient (Wildman–Crippen LogP) is 0.908. The van der Waals surface area contributed by atoms with Gasteiger partial charge in [0.15, 0.2) is 6.29 Å². The summed E-state index contributed by atoms with van der Waals surface area (Å²) in [5, 5.41) is 17.7. The average molecular weight is 197 g/mol. The van der Waals surface area contributed by atoms with Crippen LogP contribution in [0.2, 0.25) is 0 Å². The Morgan fingerprint density at radius 3 is 2.36 bits per heavy atom. The molecule has 1 rings (SSSR count). The maximum atomic E-state index is 10.1. The molecule has 0 aliphatic rings. The SMILES string of the molecule is O=Cc1ccc(O)cc1O.[Ni]. The fourth-order valence-electron chi connectivity index (χ4n) is 0.632.